The van der Waals surface area contributed by atoms with E-state index < -0.39 is 0 Å². The highest BCUT2D eigenvalue weighted by atomic mass is 14.4. The summed E-state index contributed by atoms with van der Waals surface area (Å²) in [6.07, 6.45) is 6.36. The van der Waals surface area contributed by atoms with Crippen molar-refractivity contribution in [1.82, 2.24) is 0 Å². The molecule has 1 saturated carbocycles. The van der Waals surface area contributed by atoms with E-state index in [4.69, 9.17) is 0 Å². The number of allylic oxidation sites excluding steroid dienone is 1. The van der Waals surface area contributed by atoms with Crippen molar-refractivity contribution in [3.05, 3.63) is 12.7 Å². The van der Waals surface area contributed by atoms with Gasteiger partial charge >= 0.3 is 0 Å². The summed E-state index contributed by atoms with van der Waals surface area (Å²) in [7, 11) is 0. The maximum atomic E-state index is 3.83. The van der Waals surface area contributed by atoms with Gasteiger partial charge < -0.3 is 0 Å². The molecule has 0 aromatic rings. The lowest BCUT2D eigenvalue weighted by Crippen LogP contribution is -2.29. The lowest BCUT2D eigenvalue weighted by Gasteiger charge is -2.39. The Labute approximate surface area is 64.3 Å². The van der Waals surface area contributed by atoms with Crippen molar-refractivity contribution < 1.29 is 0 Å². The second-order valence-corrected chi connectivity index (χ2v) is 3.50. The molecule has 3 unspecified atom stereocenters. The highest BCUT2D eigenvalue weighted by Crippen LogP contribution is 2.41. The maximum absolute atomic E-state index is 3.83. The Balaban J connectivity index is 2.34. The van der Waals surface area contributed by atoms with Crippen molar-refractivity contribution in [3.8, 4) is 0 Å². The standard InChI is InChI=1S/C10H18/c1-4-8(3)10-7-6-9(10)5-2/h4,8-10H,1,5-7H2,2-3H3. The van der Waals surface area contributed by atoms with E-state index in [0.29, 0.717) is 0 Å². The van der Waals surface area contributed by atoms with Crippen molar-refractivity contribution in [2.45, 2.75) is 33.1 Å². The molecule has 10 heavy (non-hydrogen) atoms. The van der Waals surface area contributed by atoms with Crippen LogP contribution in [0.1, 0.15) is 33.1 Å². The Morgan fingerprint density at radius 3 is 2.60 bits per heavy atom. The summed E-state index contributed by atoms with van der Waals surface area (Å²) < 4.78 is 0. The molecule has 0 bridgehead atoms. The Morgan fingerprint density at radius 2 is 2.30 bits per heavy atom. The Morgan fingerprint density at radius 1 is 1.60 bits per heavy atom. The van der Waals surface area contributed by atoms with Gasteiger partial charge in [0.05, 0.1) is 0 Å². The second-order valence-electron chi connectivity index (χ2n) is 3.50. The molecule has 0 aliphatic heterocycles. The van der Waals surface area contributed by atoms with E-state index in [9.17, 15) is 0 Å². The topological polar surface area (TPSA) is 0 Å². The summed E-state index contributed by atoms with van der Waals surface area (Å²) >= 11 is 0. The van der Waals surface area contributed by atoms with E-state index in [1.165, 1.54) is 19.3 Å². The van der Waals surface area contributed by atoms with Crippen molar-refractivity contribution >= 4 is 0 Å². The van der Waals surface area contributed by atoms with Crippen molar-refractivity contribution in [2.24, 2.45) is 17.8 Å². The molecule has 0 aromatic heterocycles. The summed E-state index contributed by atoms with van der Waals surface area (Å²) in [5, 5.41) is 0. The number of rotatable bonds is 3. The minimum atomic E-state index is 0.749. The quantitative estimate of drug-likeness (QED) is 0.525. The van der Waals surface area contributed by atoms with Gasteiger partial charge in [-0.3, -0.25) is 0 Å². The van der Waals surface area contributed by atoms with Gasteiger partial charge in [-0.2, -0.15) is 0 Å². The van der Waals surface area contributed by atoms with E-state index in [0.717, 1.165) is 17.8 Å². The van der Waals surface area contributed by atoms with Crippen LogP contribution < -0.4 is 0 Å². The van der Waals surface area contributed by atoms with Gasteiger partial charge in [0.15, 0.2) is 0 Å². The normalized spacial score (nSPS) is 34.6. The lowest BCUT2D eigenvalue weighted by molar-refractivity contribution is 0.131. The van der Waals surface area contributed by atoms with Crippen molar-refractivity contribution in [3.63, 3.8) is 0 Å². The predicted molar refractivity (Wildman–Crippen MR) is 45.9 cm³/mol. The average molecular weight is 138 g/mol. The summed E-state index contributed by atoms with van der Waals surface area (Å²) in [6.45, 7) is 8.42. The molecular weight excluding hydrogens is 120 g/mol. The van der Waals surface area contributed by atoms with Crippen LogP contribution in [0, 0.1) is 17.8 Å². The molecule has 0 spiro atoms. The summed E-state index contributed by atoms with van der Waals surface area (Å²) in [6, 6.07) is 0. The monoisotopic (exact) mass is 138 g/mol. The fourth-order valence-corrected chi connectivity index (χ4v) is 1.97. The van der Waals surface area contributed by atoms with Gasteiger partial charge in [0.2, 0.25) is 0 Å². The van der Waals surface area contributed by atoms with Crippen LogP contribution >= 0.6 is 0 Å². The van der Waals surface area contributed by atoms with E-state index in [1.54, 1.807) is 0 Å². The summed E-state index contributed by atoms with van der Waals surface area (Å²) in [4.78, 5) is 0. The highest BCUT2D eigenvalue weighted by molar-refractivity contribution is 4.90. The zero-order valence-electron chi connectivity index (χ0n) is 7.14. The molecule has 0 heteroatoms. The van der Waals surface area contributed by atoms with E-state index >= 15 is 0 Å². The molecule has 58 valence electrons. The largest absolute Gasteiger partial charge is 0.103 e. The number of hydrogen-bond donors (Lipinski definition) is 0. The van der Waals surface area contributed by atoms with Gasteiger partial charge in [-0.1, -0.05) is 26.3 Å². The fourth-order valence-electron chi connectivity index (χ4n) is 1.97. The molecule has 1 rings (SSSR count). The van der Waals surface area contributed by atoms with E-state index in [-0.39, 0.29) is 0 Å². The summed E-state index contributed by atoms with van der Waals surface area (Å²) in [5.74, 6) is 2.72. The first-order valence-corrected chi connectivity index (χ1v) is 4.42. The van der Waals surface area contributed by atoms with E-state index in [2.05, 4.69) is 26.5 Å². The zero-order valence-corrected chi connectivity index (χ0v) is 7.14. The van der Waals surface area contributed by atoms with Crippen LogP contribution in [0.5, 0.6) is 0 Å². The third kappa shape index (κ3) is 1.25. The summed E-state index contributed by atoms with van der Waals surface area (Å²) in [5.41, 5.74) is 0. The molecule has 1 fully saturated rings. The highest BCUT2D eigenvalue weighted by Gasteiger charge is 2.31. The molecule has 1 aliphatic rings. The molecule has 0 saturated heterocycles. The first-order chi connectivity index (χ1) is 4.79. The molecule has 0 amide bonds. The molecule has 1 aliphatic carbocycles. The zero-order chi connectivity index (χ0) is 7.56. The van der Waals surface area contributed by atoms with E-state index in [1.807, 2.05) is 0 Å². The van der Waals surface area contributed by atoms with Crippen molar-refractivity contribution in [2.75, 3.05) is 0 Å². The molecule has 0 nitrogen and oxygen atoms in total. The molecular formula is C10H18. The van der Waals surface area contributed by atoms with Crippen LogP contribution in [-0.4, -0.2) is 0 Å². The first kappa shape index (κ1) is 7.84. The first-order valence-electron chi connectivity index (χ1n) is 4.42. The third-order valence-electron chi connectivity index (χ3n) is 3.05. The van der Waals surface area contributed by atoms with Crippen LogP contribution in [-0.2, 0) is 0 Å². The molecule has 0 aromatic carbocycles. The Hall–Kier alpha value is -0.260. The Bertz CT molecular complexity index is 113. The number of hydrogen-bond acceptors (Lipinski definition) is 0. The van der Waals surface area contributed by atoms with Crippen LogP contribution in [0.3, 0.4) is 0 Å². The van der Waals surface area contributed by atoms with Crippen LogP contribution in [0.15, 0.2) is 12.7 Å². The molecule has 0 heterocycles. The van der Waals surface area contributed by atoms with Gasteiger partial charge in [0, 0.05) is 0 Å². The smallest absolute Gasteiger partial charge is 0.0234 e. The minimum absolute atomic E-state index is 0.749. The fraction of sp³-hybridized carbons (Fsp3) is 0.800. The second kappa shape index (κ2) is 3.23. The third-order valence-corrected chi connectivity index (χ3v) is 3.05. The average Bonchev–Trinajstić information content (AvgIpc) is 1.86. The molecule has 3 atom stereocenters. The maximum Gasteiger partial charge on any atom is -0.0234 e. The van der Waals surface area contributed by atoms with Crippen molar-refractivity contribution in [1.29, 1.82) is 0 Å². The predicted octanol–water partition coefficient (Wildman–Crippen LogP) is 3.24. The van der Waals surface area contributed by atoms with Gasteiger partial charge in [-0.15, -0.1) is 6.58 Å². The van der Waals surface area contributed by atoms with Gasteiger partial charge in [-0.05, 0) is 30.6 Å². The van der Waals surface area contributed by atoms with Gasteiger partial charge in [0.1, 0.15) is 0 Å². The lowest BCUT2D eigenvalue weighted by atomic mass is 9.66. The van der Waals surface area contributed by atoms with Crippen LogP contribution in [0.4, 0.5) is 0 Å². The Kier molecular flexibility index (Phi) is 2.53. The molecule has 0 N–H and O–H groups in total. The minimum Gasteiger partial charge on any atom is -0.103 e. The van der Waals surface area contributed by atoms with Crippen LogP contribution in [0.25, 0.3) is 0 Å². The van der Waals surface area contributed by atoms with Gasteiger partial charge in [-0.25, -0.2) is 0 Å². The molecule has 0 radical (unpaired) electrons. The SMILES string of the molecule is C=CC(C)C1CCC1CC. The van der Waals surface area contributed by atoms with Crippen LogP contribution in [0.2, 0.25) is 0 Å². The van der Waals surface area contributed by atoms with Gasteiger partial charge in [0.25, 0.3) is 0 Å².